The van der Waals surface area contributed by atoms with Gasteiger partial charge in [0.15, 0.2) is 0 Å². The van der Waals surface area contributed by atoms with Crippen LogP contribution in [0.15, 0.2) is 36.5 Å². The number of aromatic nitrogens is 2. The first-order valence-electron chi connectivity index (χ1n) is 7.15. The number of aliphatic carboxylic acids is 1. The van der Waals surface area contributed by atoms with E-state index in [1.54, 1.807) is 0 Å². The molecule has 0 saturated carbocycles. The van der Waals surface area contributed by atoms with Crippen LogP contribution in [0.4, 0.5) is 0 Å². The second-order valence-electron chi connectivity index (χ2n) is 5.12. The summed E-state index contributed by atoms with van der Waals surface area (Å²) in [5, 5.41) is 13.5. The minimum absolute atomic E-state index is 0.0593. The third kappa shape index (κ3) is 4.16. The van der Waals surface area contributed by atoms with Gasteiger partial charge in [-0.05, 0) is 32.0 Å². The highest BCUT2D eigenvalue weighted by atomic mass is 16.4. The second-order valence-corrected chi connectivity index (χ2v) is 5.12. The van der Waals surface area contributed by atoms with Crippen LogP contribution in [0.1, 0.15) is 24.6 Å². The number of benzene rings is 1. The average Bonchev–Trinajstić information content (AvgIpc) is 2.81. The number of aryl methyl sites for hydroxylation is 1. The Balaban J connectivity index is 2.16. The summed E-state index contributed by atoms with van der Waals surface area (Å²) in [7, 11) is 0. The molecule has 0 radical (unpaired) electrons. The summed E-state index contributed by atoms with van der Waals surface area (Å²) >= 11 is 0. The van der Waals surface area contributed by atoms with Gasteiger partial charge in [0, 0.05) is 18.3 Å². The van der Waals surface area contributed by atoms with E-state index in [2.05, 4.69) is 12.0 Å². The smallest absolute Gasteiger partial charge is 0.317 e. The Morgan fingerprint density at radius 1 is 1.33 bits per heavy atom. The van der Waals surface area contributed by atoms with Crippen molar-refractivity contribution in [2.24, 2.45) is 0 Å². The summed E-state index contributed by atoms with van der Waals surface area (Å²) in [5.74, 6) is -0.795. The van der Waals surface area contributed by atoms with Crippen LogP contribution < -0.4 is 0 Å². The summed E-state index contributed by atoms with van der Waals surface area (Å²) in [4.78, 5) is 12.9. The topological polar surface area (TPSA) is 58.4 Å². The fraction of sp³-hybridized carbons (Fsp3) is 0.375. The normalized spacial score (nSPS) is 11.0. The molecule has 5 heteroatoms. The zero-order valence-corrected chi connectivity index (χ0v) is 12.5. The first-order chi connectivity index (χ1) is 10.1. The van der Waals surface area contributed by atoms with Crippen molar-refractivity contribution >= 4 is 5.97 Å². The lowest BCUT2D eigenvalue weighted by Gasteiger charge is -2.18. The maximum absolute atomic E-state index is 10.9. The Kier molecular flexibility index (Phi) is 5.11. The van der Waals surface area contributed by atoms with Crippen LogP contribution in [0.2, 0.25) is 0 Å². The largest absolute Gasteiger partial charge is 0.480 e. The fourth-order valence-electron chi connectivity index (χ4n) is 2.33. The highest BCUT2D eigenvalue weighted by Crippen LogP contribution is 2.14. The van der Waals surface area contributed by atoms with Gasteiger partial charge in [0.1, 0.15) is 0 Å². The number of hydrogen-bond donors (Lipinski definition) is 1. The molecule has 0 spiro atoms. The van der Waals surface area contributed by atoms with E-state index in [0.717, 1.165) is 29.9 Å². The van der Waals surface area contributed by atoms with Gasteiger partial charge >= 0.3 is 5.97 Å². The van der Waals surface area contributed by atoms with E-state index in [-0.39, 0.29) is 6.54 Å². The van der Waals surface area contributed by atoms with Crippen molar-refractivity contribution in [3.63, 3.8) is 0 Å². The molecular formula is C16H21N3O2. The predicted molar refractivity (Wildman–Crippen MR) is 81.5 cm³/mol. The standard InChI is InChI=1S/C16H21N3O2/c1-3-9-18(12-16(20)21)10-14-11-19(17-13(14)2)15-7-5-4-6-8-15/h4-8,11H,3,9-10,12H2,1-2H3,(H,20,21). The molecule has 5 nitrogen and oxygen atoms in total. The van der Waals surface area contributed by atoms with Crippen molar-refractivity contribution < 1.29 is 9.90 Å². The Labute approximate surface area is 124 Å². The lowest BCUT2D eigenvalue weighted by molar-refractivity contribution is -0.138. The van der Waals surface area contributed by atoms with Gasteiger partial charge in [-0.25, -0.2) is 4.68 Å². The molecule has 1 aromatic heterocycles. The summed E-state index contributed by atoms with van der Waals surface area (Å²) in [6, 6.07) is 9.91. The minimum atomic E-state index is -0.795. The van der Waals surface area contributed by atoms with E-state index in [9.17, 15) is 4.79 Å². The maximum Gasteiger partial charge on any atom is 0.317 e. The molecule has 0 aliphatic rings. The van der Waals surface area contributed by atoms with Crippen LogP contribution in [-0.4, -0.2) is 38.8 Å². The Hall–Kier alpha value is -2.14. The number of carboxylic acid groups (broad SMARTS) is 1. The van der Waals surface area contributed by atoms with Crippen molar-refractivity contribution in [3.8, 4) is 5.69 Å². The van der Waals surface area contributed by atoms with Gasteiger partial charge in [0.25, 0.3) is 0 Å². The average molecular weight is 287 g/mol. The number of carboxylic acids is 1. The number of nitrogens with zero attached hydrogens (tertiary/aromatic N) is 3. The number of rotatable bonds is 7. The zero-order chi connectivity index (χ0) is 15.2. The molecule has 1 aromatic carbocycles. The van der Waals surface area contributed by atoms with Crippen molar-refractivity contribution in [2.45, 2.75) is 26.8 Å². The molecule has 0 aliphatic heterocycles. The third-order valence-electron chi connectivity index (χ3n) is 3.31. The van der Waals surface area contributed by atoms with E-state index >= 15 is 0 Å². The van der Waals surface area contributed by atoms with Gasteiger partial charge in [-0.2, -0.15) is 5.10 Å². The third-order valence-corrected chi connectivity index (χ3v) is 3.31. The first-order valence-corrected chi connectivity index (χ1v) is 7.15. The molecule has 0 saturated heterocycles. The highest BCUT2D eigenvalue weighted by molar-refractivity contribution is 5.69. The molecule has 2 rings (SSSR count). The Morgan fingerprint density at radius 2 is 2.05 bits per heavy atom. The fourth-order valence-corrected chi connectivity index (χ4v) is 2.33. The zero-order valence-electron chi connectivity index (χ0n) is 12.5. The molecule has 0 atom stereocenters. The van der Waals surface area contributed by atoms with Crippen LogP contribution in [0.3, 0.4) is 0 Å². The van der Waals surface area contributed by atoms with Crippen LogP contribution in [0, 0.1) is 6.92 Å². The predicted octanol–water partition coefficient (Wildman–Crippen LogP) is 2.48. The summed E-state index contributed by atoms with van der Waals surface area (Å²) in [5.41, 5.74) is 3.01. The number of hydrogen-bond acceptors (Lipinski definition) is 3. The van der Waals surface area contributed by atoms with Crippen molar-refractivity contribution in [2.75, 3.05) is 13.1 Å². The maximum atomic E-state index is 10.9. The van der Waals surface area contributed by atoms with Gasteiger partial charge in [-0.1, -0.05) is 25.1 Å². The van der Waals surface area contributed by atoms with Crippen LogP contribution in [-0.2, 0) is 11.3 Å². The lowest BCUT2D eigenvalue weighted by atomic mass is 10.2. The van der Waals surface area contributed by atoms with Gasteiger partial charge in [-0.15, -0.1) is 0 Å². The second kappa shape index (κ2) is 7.04. The minimum Gasteiger partial charge on any atom is -0.480 e. The van der Waals surface area contributed by atoms with Crippen LogP contribution in [0.5, 0.6) is 0 Å². The summed E-state index contributed by atoms with van der Waals surface area (Å²) in [6.45, 7) is 5.44. The summed E-state index contributed by atoms with van der Waals surface area (Å²) in [6.07, 6.45) is 2.91. The number of para-hydroxylation sites is 1. The van der Waals surface area contributed by atoms with Crippen molar-refractivity contribution in [1.29, 1.82) is 0 Å². The van der Waals surface area contributed by atoms with E-state index in [4.69, 9.17) is 5.11 Å². The lowest BCUT2D eigenvalue weighted by Crippen LogP contribution is -2.30. The molecule has 112 valence electrons. The summed E-state index contributed by atoms with van der Waals surface area (Å²) < 4.78 is 1.84. The quantitative estimate of drug-likeness (QED) is 0.850. The molecule has 0 aliphatic carbocycles. The monoisotopic (exact) mass is 287 g/mol. The van der Waals surface area contributed by atoms with Crippen LogP contribution in [0.25, 0.3) is 5.69 Å². The number of carbonyl (C=O) groups is 1. The Bertz CT molecular complexity index is 593. The molecule has 21 heavy (non-hydrogen) atoms. The van der Waals surface area contributed by atoms with E-state index in [1.807, 2.05) is 53.0 Å². The van der Waals surface area contributed by atoms with E-state index in [0.29, 0.717) is 6.54 Å². The molecule has 1 N–H and O–H groups in total. The van der Waals surface area contributed by atoms with Gasteiger partial charge in [0.2, 0.25) is 0 Å². The molecular weight excluding hydrogens is 266 g/mol. The molecule has 0 bridgehead atoms. The SMILES string of the molecule is CCCN(CC(=O)O)Cc1cn(-c2ccccc2)nc1C. The highest BCUT2D eigenvalue weighted by Gasteiger charge is 2.13. The van der Waals surface area contributed by atoms with Gasteiger partial charge in [0.05, 0.1) is 17.9 Å². The van der Waals surface area contributed by atoms with Crippen LogP contribution >= 0.6 is 0 Å². The molecule has 0 unspecified atom stereocenters. The van der Waals surface area contributed by atoms with E-state index < -0.39 is 5.97 Å². The first kappa shape index (κ1) is 15.3. The Morgan fingerprint density at radius 3 is 2.67 bits per heavy atom. The van der Waals surface area contributed by atoms with Gasteiger partial charge < -0.3 is 5.11 Å². The molecule has 0 fully saturated rings. The molecule has 1 heterocycles. The van der Waals surface area contributed by atoms with Gasteiger partial charge in [-0.3, -0.25) is 9.69 Å². The molecule has 0 amide bonds. The van der Waals surface area contributed by atoms with Crippen molar-refractivity contribution in [3.05, 3.63) is 47.8 Å². The van der Waals surface area contributed by atoms with Crippen molar-refractivity contribution in [1.82, 2.24) is 14.7 Å². The van der Waals surface area contributed by atoms with E-state index in [1.165, 1.54) is 0 Å². The molecule has 2 aromatic rings.